The van der Waals surface area contributed by atoms with Crippen LogP contribution in [0.5, 0.6) is 0 Å². The molecular formula is C12H13NO3S. The van der Waals surface area contributed by atoms with Crippen LogP contribution < -0.4 is 0 Å². The molecule has 2 aromatic rings. The SMILES string of the molecule is O=C(OCCOC1CC1)c1cc2sccc2[nH]1. The zero-order valence-corrected chi connectivity index (χ0v) is 10.1. The molecule has 1 fully saturated rings. The number of nitrogens with one attached hydrogen (secondary N) is 1. The van der Waals surface area contributed by atoms with Crippen molar-refractivity contribution in [1.29, 1.82) is 0 Å². The molecule has 90 valence electrons. The van der Waals surface area contributed by atoms with E-state index in [2.05, 4.69) is 4.98 Å². The van der Waals surface area contributed by atoms with E-state index in [1.165, 1.54) is 0 Å². The summed E-state index contributed by atoms with van der Waals surface area (Å²) >= 11 is 1.60. The van der Waals surface area contributed by atoms with Gasteiger partial charge in [0, 0.05) is 0 Å². The molecule has 0 aromatic carbocycles. The van der Waals surface area contributed by atoms with Gasteiger partial charge in [-0.2, -0.15) is 0 Å². The molecule has 0 amide bonds. The highest BCUT2D eigenvalue weighted by Crippen LogP contribution is 2.23. The standard InChI is InChI=1S/C12H13NO3S/c14-12(16-5-4-15-8-1-2-8)10-7-11-9(13-10)3-6-17-11/h3,6-8,13H,1-2,4-5H2. The third-order valence-corrected chi connectivity index (χ3v) is 3.52. The van der Waals surface area contributed by atoms with Crippen molar-refractivity contribution in [2.75, 3.05) is 13.2 Å². The Kier molecular flexibility index (Phi) is 2.86. The Balaban J connectivity index is 1.52. The van der Waals surface area contributed by atoms with Gasteiger partial charge >= 0.3 is 5.97 Å². The summed E-state index contributed by atoms with van der Waals surface area (Å²) in [5.41, 5.74) is 1.49. The predicted molar refractivity (Wildman–Crippen MR) is 65.4 cm³/mol. The highest BCUT2D eigenvalue weighted by molar-refractivity contribution is 7.17. The quantitative estimate of drug-likeness (QED) is 0.656. The molecular weight excluding hydrogens is 238 g/mol. The first-order valence-corrected chi connectivity index (χ1v) is 6.56. The lowest BCUT2D eigenvalue weighted by Gasteiger charge is -2.03. The maximum Gasteiger partial charge on any atom is 0.354 e. The Bertz CT molecular complexity index is 498. The van der Waals surface area contributed by atoms with Crippen molar-refractivity contribution in [3.05, 3.63) is 23.2 Å². The molecule has 1 N–H and O–H groups in total. The van der Waals surface area contributed by atoms with Crippen LogP contribution in [0.4, 0.5) is 0 Å². The van der Waals surface area contributed by atoms with Gasteiger partial charge in [0.25, 0.3) is 0 Å². The van der Waals surface area contributed by atoms with E-state index in [1.807, 2.05) is 17.5 Å². The van der Waals surface area contributed by atoms with Gasteiger partial charge in [-0.05, 0) is 30.4 Å². The summed E-state index contributed by atoms with van der Waals surface area (Å²) in [6.07, 6.45) is 2.69. The highest BCUT2D eigenvalue weighted by Gasteiger charge is 2.21. The van der Waals surface area contributed by atoms with Crippen molar-refractivity contribution in [2.45, 2.75) is 18.9 Å². The van der Waals surface area contributed by atoms with Crippen LogP contribution in [0.1, 0.15) is 23.3 Å². The number of esters is 1. The molecule has 17 heavy (non-hydrogen) atoms. The molecule has 1 saturated carbocycles. The summed E-state index contributed by atoms with van der Waals surface area (Å²) < 4.78 is 11.6. The number of H-pyrrole nitrogens is 1. The van der Waals surface area contributed by atoms with E-state index in [0.29, 0.717) is 25.0 Å². The molecule has 0 saturated heterocycles. The Morgan fingerprint density at radius 3 is 3.12 bits per heavy atom. The van der Waals surface area contributed by atoms with Gasteiger partial charge in [-0.1, -0.05) is 0 Å². The molecule has 0 unspecified atom stereocenters. The fourth-order valence-electron chi connectivity index (χ4n) is 1.62. The van der Waals surface area contributed by atoms with Crippen LogP contribution in [0.15, 0.2) is 17.5 Å². The van der Waals surface area contributed by atoms with Gasteiger partial charge in [-0.15, -0.1) is 11.3 Å². The van der Waals surface area contributed by atoms with E-state index >= 15 is 0 Å². The molecule has 5 heteroatoms. The van der Waals surface area contributed by atoms with Crippen molar-refractivity contribution >= 4 is 27.5 Å². The van der Waals surface area contributed by atoms with Crippen LogP contribution in [0.25, 0.3) is 10.2 Å². The molecule has 0 aliphatic heterocycles. The maximum absolute atomic E-state index is 11.7. The molecule has 1 aliphatic carbocycles. The summed E-state index contributed by atoms with van der Waals surface area (Å²) in [6.45, 7) is 0.813. The van der Waals surface area contributed by atoms with E-state index in [9.17, 15) is 4.79 Å². The highest BCUT2D eigenvalue weighted by atomic mass is 32.1. The summed E-state index contributed by atoms with van der Waals surface area (Å²) in [4.78, 5) is 14.7. The zero-order valence-electron chi connectivity index (χ0n) is 9.27. The van der Waals surface area contributed by atoms with Gasteiger partial charge in [0.05, 0.1) is 22.9 Å². The minimum absolute atomic E-state index is 0.312. The molecule has 3 rings (SSSR count). The molecule has 1 aliphatic rings. The van der Waals surface area contributed by atoms with Crippen molar-refractivity contribution in [2.24, 2.45) is 0 Å². The van der Waals surface area contributed by atoms with Crippen LogP contribution in [0.3, 0.4) is 0 Å². The van der Waals surface area contributed by atoms with Gasteiger partial charge in [-0.25, -0.2) is 4.79 Å². The number of rotatable bonds is 5. The molecule has 0 atom stereocenters. The Morgan fingerprint density at radius 1 is 1.47 bits per heavy atom. The average Bonchev–Trinajstić information content (AvgIpc) is 2.87. The van der Waals surface area contributed by atoms with E-state index < -0.39 is 0 Å². The lowest BCUT2D eigenvalue weighted by Crippen LogP contribution is -2.11. The third kappa shape index (κ3) is 2.50. The van der Waals surface area contributed by atoms with Gasteiger partial charge in [0.15, 0.2) is 0 Å². The number of thiophene rings is 1. The van der Waals surface area contributed by atoms with Crippen molar-refractivity contribution in [3.8, 4) is 0 Å². The zero-order chi connectivity index (χ0) is 11.7. The second-order valence-corrected chi connectivity index (χ2v) is 5.04. The third-order valence-electron chi connectivity index (χ3n) is 2.65. The van der Waals surface area contributed by atoms with Crippen molar-refractivity contribution in [1.82, 2.24) is 4.98 Å². The minimum Gasteiger partial charge on any atom is -0.459 e. The summed E-state index contributed by atoms with van der Waals surface area (Å²) in [6, 6.07) is 3.77. The number of ether oxygens (including phenoxy) is 2. The number of hydrogen-bond donors (Lipinski definition) is 1. The molecule has 4 nitrogen and oxygen atoms in total. The van der Waals surface area contributed by atoms with E-state index in [-0.39, 0.29) is 5.97 Å². The average molecular weight is 251 g/mol. The second kappa shape index (κ2) is 4.50. The van der Waals surface area contributed by atoms with Crippen molar-refractivity contribution in [3.63, 3.8) is 0 Å². The van der Waals surface area contributed by atoms with Crippen molar-refractivity contribution < 1.29 is 14.3 Å². The van der Waals surface area contributed by atoms with Crippen LogP contribution >= 0.6 is 11.3 Å². The Labute approximate surface area is 103 Å². The molecule has 0 radical (unpaired) electrons. The van der Waals surface area contributed by atoms with E-state index in [0.717, 1.165) is 23.1 Å². The predicted octanol–water partition coefficient (Wildman–Crippen LogP) is 2.57. The normalized spacial score (nSPS) is 15.3. The molecule has 0 spiro atoms. The number of carbonyl (C=O) groups excluding carboxylic acids is 1. The number of hydrogen-bond acceptors (Lipinski definition) is 4. The molecule has 2 heterocycles. The summed E-state index contributed by atoms with van der Waals surface area (Å²) in [7, 11) is 0. The number of aromatic nitrogens is 1. The van der Waals surface area contributed by atoms with E-state index in [1.54, 1.807) is 11.3 Å². The smallest absolute Gasteiger partial charge is 0.354 e. The number of aromatic amines is 1. The summed E-state index contributed by atoms with van der Waals surface area (Å²) in [5.74, 6) is -0.312. The first-order chi connectivity index (χ1) is 8.33. The number of fused-ring (bicyclic) bond motifs is 1. The molecule has 2 aromatic heterocycles. The Hall–Kier alpha value is -1.33. The van der Waals surface area contributed by atoms with Gasteiger partial charge in [0.2, 0.25) is 0 Å². The van der Waals surface area contributed by atoms with Crippen LogP contribution in [0, 0.1) is 0 Å². The second-order valence-electron chi connectivity index (χ2n) is 4.09. The van der Waals surface area contributed by atoms with Gasteiger partial charge in [0.1, 0.15) is 12.3 Å². The van der Waals surface area contributed by atoms with Crippen LogP contribution in [0.2, 0.25) is 0 Å². The van der Waals surface area contributed by atoms with Gasteiger partial charge < -0.3 is 14.5 Å². The lowest BCUT2D eigenvalue weighted by molar-refractivity contribution is 0.0281. The lowest BCUT2D eigenvalue weighted by atomic mass is 10.4. The fraction of sp³-hybridized carbons (Fsp3) is 0.417. The first kappa shape index (κ1) is 10.8. The fourth-order valence-corrected chi connectivity index (χ4v) is 2.40. The van der Waals surface area contributed by atoms with E-state index in [4.69, 9.17) is 9.47 Å². The first-order valence-electron chi connectivity index (χ1n) is 5.68. The maximum atomic E-state index is 11.7. The Morgan fingerprint density at radius 2 is 2.35 bits per heavy atom. The van der Waals surface area contributed by atoms with Crippen LogP contribution in [-0.2, 0) is 9.47 Å². The minimum atomic E-state index is -0.312. The number of carbonyl (C=O) groups is 1. The summed E-state index contributed by atoms with van der Waals surface area (Å²) in [5, 5.41) is 1.99. The molecule has 0 bridgehead atoms. The van der Waals surface area contributed by atoms with Gasteiger partial charge in [-0.3, -0.25) is 0 Å². The topological polar surface area (TPSA) is 51.3 Å². The monoisotopic (exact) mass is 251 g/mol. The van der Waals surface area contributed by atoms with Crippen LogP contribution in [-0.4, -0.2) is 30.3 Å². The largest absolute Gasteiger partial charge is 0.459 e.